The Morgan fingerprint density at radius 1 is 1.00 bits per heavy atom. The monoisotopic (exact) mass is 444 g/mol. The minimum absolute atomic E-state index is 0.172. The SMILES string of the molecule is CC(C)(C)c1ccccc1OCC(=O)Nc1ccc(S(=O)(=O)NCC(F)(F)F)cc1. The number of para-hydroxylation sites is 1. The van der Waals surface area contributed by atoms with Gasteiger partial charge in [0.1, 0.15) is 12.3 Å². The van der Waals surface area contributed by atoms with E-state index in [1.165, 1.54) is 16.9 Å². The number of amides is 1. The molecule has 0 fully saturated rings. The lowest BCUT2D eigenvalue weighted by molar-refractivity contribution is -0.121. The van der Waals surface area contributed by atoms with Crippen molar-refractivity contribution in [1.82, 2.24) is 4.72 Å². The molecule has 0 spiro atoms. The van der Waals surface area contributed by atoms with Crippen LogP contribution in [0.3, 0.4) is 0 Å². The second-order valence-electron chi connectivity index (χ2n) is 7.55. The van der Waals surface area contributed by atoms with Crippen molar-refractivity contribution < 1.29 is 31.1 Å². The number of hydrogen-bond acceptors (Lipinski definition) is 4. The van der Waals surface area contributed by atoms with Crippen LogP contribution in [0.4, 0.5) is 18.9 Å². The molecular formula is C20H23F3N2O4S. The third-order valence-corrected chi connectivity index (χ3v) is 5.38. The highest BCUT2D eigenvalue weighted by atomic mass is 32.2. The van der Waals surface area contributed by atoms with E-state index in [0.717, 1.165) is 17.7 Å². The molecule has 0 aliphatic rings. The van der Waals surface area contributed by atoms with Crippen molar-refractivity contribution in [3.63, 3.8) is 0 Å². The van der Waals surface area contributed by atoms with Gasteiger partial charge in [-0.3, -0.25) is 4.79 Å². The van der Waals surface area contributed by atoms with Crippen molar-refractivity contribution in [2.75, 3.05) is 18.5 Å². The molecule has 0 heterocycles. The van der Waals surface area contributed by atoms with E-state index < -0.39 is 28.7 Å². The number of halogens is 3. The zero-order chi connectivity index (χ0) is 22.6. The van der Waals surface area contributed by atoms with E-state index in [1.54, 1.807) is 12.1 Å². The summed E-state index contributed by atoms with van der Waals surface area (Å²) in [6, 6.07) is 12.1. The molecule has 0 aliphatic carbocycles. The van der Waals surface area contributed by atoms with Gasteiger partial charge in [-0.15, -0.1) is 0 Å². The first-order valence-electron chi connectivity index (χ1n) is 8.96. The smallest absolute Gasteiger partial charge is 0.402 e. The van der Waals surface area contributed by atoms with Gasteiger partial charge in [-0.25, -0.2) is 13.1 Å². The van der Waals surface area contributed by atoms with Crippen LogP contribution < -0.4 is 14.8 Å². The molecule has 2 aromatic carbocycles. The van der Waals surface area contributed by atoms with Crippen LogP contribution in [0.2, 0.25) is 0 Å². The van der Waals surface area contributed by atoms with Gasteiger partial charge in [-0.05, 0) is 41.3 Å². The quantitative estimate of drug-likeness (QED) is 0.680. The molecule has 164 valence electrons. The first kappa shape index (κ1) is 23.7. The highest BCUT2D eigenvalue weighted by molar-refractivity contribution is 7.89. The largest absolute Gasteiger partial charge is 0.483 e. The molecule has 30 heavy (non-hydrogen) atoms. The fourth-order valence-electron chi connectivity index (χ4n) is 2.53. The molecule has 10 heteroatoms. The molecule has 1 amide bonds. The lowest BCUT2D eigenvalue weighted by Crippen LogP contribution is -2.33. The number of benzene rings is 2. The van der Waals surface area contributed by atoms with Crippen molar-refractivity contribution in [2.45, 2.75) is 37.3 Å². The summed E-state index contributed by atoms with van der Waals surface area (Å²) in [5, 5.41) is 2.55. The number of hydrogen-bond donors (Lipinski definition) is 2. The van der Waals surface area contributed by atoms with Crippen molar-refractivity contribution >= 4 is 21.6 Å². The summed E-state index contributed by atoms with van der Waals surface area (Å²) < 4.78 is 67.4. The van der Waals surface area contributed by atoms with Gasteiger partial charge in [-0.2, -0.15) is 13.2 Å². The molecule has 2 rings (SSSR count). The number of carbonyl (C=O) groups is 1. The van der Waals surface area contributed by atoms with E-state index in [0.29, 0.717) is 5.75 Å². The second kappa shape index (κ2) is 9.05. The van der Waals surface area contributed by atoms with Crippen LogP contribution in [0, 0.1) is 0 Å². The third-order valence-electron chi connectivity index (χ3n) is 3.96. The van der Waals surface area contributed by atoms with E-state index in [-0.39, 0.29) is 22.6 Å². The van der Waals surface area contributed by atoms with Crippen LogP contribution in [0.25, 0.3) is 0 Å². The van der Waals surface area contributed by atoms with E-state index in [9.17, 15) is 26.4 Å². The number of ether oxygens (including phenoxy) is 1. The second-order valence-corrected chi connectivity index (χ2v) is 9.31. The Bertz CT molecular complexity index is 982. The maximum atomic E-state index is 12.2. The highest BCUT2D eigenvalue weighted by Crippen LogP contribution is 2.30. The van der Waals surface area contributed by atoms with E-state index in [4.69, 9.17) is 4.74 Å². The number of alkyl halides is 3. The summed E-state index contributed by atoms with van der Waals surface area (Å²) in [6.07, 6.45) is -4.66. The van der Waals surface area contributed by atoms with Gasteiger partial charge in [0.2, 0.25) is 10.0 Å². The van der Waals surface area contributed by atoms with Crippen molar-refractivity contribution in [3.8, 4) is 5.75 Å². The van der Waals surface area contributed by atoms with Gasteiger partial charge < -0.3 is 10.1 Å². The summed E-state index contributed by atoms with van der Waals surface area (Å²) >= 11 is 0. The van der Waals surface area contributed by atoms with E-state index in [2.05, 4.69) is 5.32 Å². The Morgan fingerprint density at radius 3 is 2.17 bits per heavy atom. The first-order valence-corrected chi connectivity index (χ1v) is 10.4. The summed E-state index contributed by atoms with van der Waals surface area (Å²) in [7, 11) is -4.31. The lowest BCUT2D eigenvalue weighted by Gasteiger charge is -2.22. The van der Waals surface area contributed by atoms with Crippen LogP contribution in [0.15, 0.2) is 53.4 Å². The summed E-state index contributed by atoms with van der Waals surface area (Å²) in [5.74, 6) is 0.113. The van der Waals surface area contributed by atoms with Crippen LogP contribution in [-0.2, 0) is 20.2 Å². The molecule has 0 radical (unpaired) electrons. The van der Waals surface area contributed by atoms with Gasteiger partial charge in [0, 0.05) is 5.69 Å². The fraction of sp³-hybridized carbons (Fsp3) is 0.350. The number of nitrogens with one attached hydrogen (secondary N) is 2. The topological polar surface area (TPSA) is 84.5 Å². The van der Waals surface area contributed by atoms with Crippen LogP contribution in [0.1, 0.15) is 26.3 Å². The molecule has 0 saturated heterocycles. The Morgan fingerprint density at radius 2 is 1.60 bits per heavy atom. The summed E-state index contributed by atoms with van der Waals surface area (Å²) in [4.78, 5) is 11.8. The standard InChI is InChI=1S/C20H23F3N2O4S/c1-19(2,3)16-6-4-5-7-17(16)29-12-18(26)25-14-8-10-15(11-9-14)30(27,28)24-13-20(21,22)23/h4-11,24H,12-13H2,1-3H3,(H,25,26). The lowest BCUT2D eigenvalue weighted by atomic mass is 9.86. The normalized spacial score (nSPS) is 12.5. The van der Waals surface area contributed by atoms with E-state index in [1.807, 2.05) is 32.9 Å². The highest BCUT2D eigenvalue weighted by Gasteiger charge is 2.30. The molecule has 6 nitrogen and oxygen atoms in total. The van der Waals surface area contributed by atoms with Gasteiger partial charge >= 0.3 is 6.18 Å². The summed E-state index contributed by atoms with van der Waals surface area (Å²) in [5.41, 5.74) is 1.05. The molecule has 0 unspecified atom stereocenters. The number of anilines is 1. The van der Waals surface area contributed by atoms with Crippen molar-refractivity contribution in [1.29, 1.82) is 0 Å². The Kier molecular flexibility index (Phi) is 7.14. The van der Waals surface area contributed by atoms with Crippen LogP contribution >= 0.6 is 0 Å². The van der Waals surface area contributed by atoms with Crippen LogP contribution in [-0.4, -0.2) is 33.7 Å². The zero-order valence-corrected chi connectivity index (χ0v) is 17.5. The maximum absolute atomic E-state index is 12.2. The molecule has 0 atom stereocenters. The minimum Gasteiger partial charge on any atom is -0.483 e. The first-order chi connectivity index (χ1) is 13.8. The number of rotatable bonds is 7. The van der Waals surface area contributed by atoms with Gasteiger partial charge in [0.15, 0.2) is 6.61 Å². The fourth-order valence-corrected chi connectivity index (χ4v) is 3.54. The average Bonchev–Trinajstić information content (AvgIpc) is 2.64. The molecule has 0 aliphatic heterocycles. The van der Waals surface area contributed by atoms with Crippen LogP contribution in [0.5, 0.6) is 5.75 Å². The van der Waals surface area contributed by atoms with E-state index >= 15 is 0 Å². The molecular weight excluding hydrogens is 421 g/mol. The predicted octanol–water partition coefficient (Wildman–Crippen LogP) is 3.84. The van der Waals surface area contributed by atoms with Gasteiger partial charge in [0.25, 0.3) is 5.91 Å². The maximum Gasteiger partial charge on any atom is 0.402 e. The molecule has 2 N–H and O–H groups in total. The Labute approximate surface area is 173 Å². The van der Waals surface area contributed by atoms with Gasteiger partial charge in [-0.1, -0.05) is 39.0 Å². The molecule has 2 aromatic rings. The molecule has 0 bridgehead atoms. The molecule has 0 saturated carbocycles. The minimum atomic E-state index is -4.66. The predicted molar refractivity (Wildman–Crippen MR) is 107 cm³/mol. The van der Waals surface area contributed by atoms with Crippen molar-refractivity contribution in [3.05, 3.63) is 54.1 Å². The number of carbonyl (C=O) groups excluding carboxylic acids is 1. The average molecular weight is 444 g/mol. The third kappa shape index (κ3) is 7.03. The number of sulfonamides is 1. The van der Waals surface area contributed by atoms with Gasteiger partial charge in [0.05, 0.1) is 4.90 Å². The molecule has 0 aromatic heterocycles. The van der Waals surface area contributed by atoms with Crippen molar-refractivity contribution in [2.24, 2.45) is 0 Å². The Hall–Kier alpha value is -2.59. The zero-order valence-electron chi connectivity index (χ0n) is 16.7. The Balaban J connectivity index is 1.97. The summed E-state index contributed by atoms with van der Waals surface area (Å²) in [6.45, 7) is 4.14.